The number of methoxy groups -OCH3 is 1. The van der Waals surface area contributed by atoms with Crippen molar-refractivity contribution in [3.05, 3.63) is 0 Å². The summed E-state index contributed by atoms with van der Waals surface area (Å²) in [4.78, 5) is 11.3. The van der Waals surface area contributed by atoms with Gasteiger partial charge in [0.05, 0.1) is 12.5 Å². The number of carbonyl (C=O) groups is 1. The molecule has 1 saturated heterocycles. The van der Waals surface area contributed by atoms with Gasteiger partial charge in [0.25, 0.3) is 0 Å². The molecule has 1 rings (SSSR count). The van der Waals surface area contributed by atoms with E-state index < -0.39 is 0 Å². The lowest BCUT2D eigenvalue weighted by atomic mass is 9.81. The van der Waals surface area contributed by atoms with E-state index in [-0.39, 0.29) is 11.4 Å². The Kier molecular flexibility index (Phi) is 2.18. The van der Waals surface area contributed by atoms with Gasteiger partial charge in [0.15, 0.2) is 0 Å². The predicted molar refractivity (Wildman–Crippen MR) is 42.2 cm³/mol. The molecule has 0 spiro atoms. The average Bonchev–Trinajstić information content (AvgIpc) is 2.32. The standard InChI is InChI=1S/C8H15NO2/c1-6-4-9-5-8(6,2)7(10)11-3/h6,9H,4-5H2,1-3H3/t6-,8+/m1/s1. The van der Waals surface area contributed by atoms with Gasteiger partial charge in [0.1, 0.15) is 0 Å². The Morgan fingerprint density at radius 1 is 1.73 bits per heavy atom. The first-order chi connectivity index (χ1) is 5.11. The first-order valence-electron chi connectivity index (χ1n) is 3.90. The highest BCUT2D eigenvalue weighted by Crippen LogP contribution is 2.31. The Balaban J connectivity index is 2.72. The highest BCUT2D eigenvalue weighted by Gasteiger charge is 2.43. The van der Waals surface area contributed by atoms with E-state index in [0.717, 1.165) is 13.1 Å². The van der Waals surface area contributed by atoms with E-state index in [1.54, 1.807) is 0 Å². The quantitative estimate of drug-likeness (QED) is 0.560. The van der Waals surface area contributed by atoms with Crippen LogP contribution in [-0.2, 0) is 9.53 Å². The van der Waals surface area contributed by atoms with Crippen molar-refractivity contribution in [2.45, 2.75) is 13.8 Å². The molecule has 64 valence electrons. The molecule has 0 unspecified atom stereocenters. The van der Waals surface area contributed by atoms with Gasteiger partial charge in [0.2, 0.25) is 0 Å². The minimum absolute atomic E-state index is 0.102. The summed E-state index contributed by atoms with van der Waals surface area (Å²) in [5.41, 5.74) is -0.311. The van der Waals surface area contributed by atoms with Crippen LogP contribution in [0.5, 0.6) is 0 Å². The molecule has 0 bridgehead atoms. The molecular formula is C8H15NO2. The number of hydrogen-bond acceptors (Lipinski definition) is 3. The zero-order valence-electron chi connectivity index (χ0n) is 7.31. The van der Waals surface area contributed by atoms with Crippen molar-refractivity contribution in [3.63, 3.8) is 0 Å². The van der Waals surface area contributed by atoms with Crippen molar-refractivity contribution in [3.8, 4) is 0 Å². The van der Waals surface area contributed by atoms with Gasteiger partial charge in [-0.15, -0.1) is 0 Å². The molecule has 0 aromatic carbocycles. The van der Waals surface area contributed by atoms with Crippen LogP contribution in [0.3, 0.4) is 0 Å². The maximum atomic E-state index is 11.3. The Morgan fingerprint density at radius 2 is 2.36 bits per heavy atom. The van der Waals surface area contributed by atoms with Crippen LogP contribution < -0.4 is 5.32 Å². The van der Waals surface area contributed by atoms with Crippen molar-refractivity contribution >= 4 is 5.97 Å². The van der Waals surface area contributed by atoms with E-state index in [2.05, 4.69) is 12.2 Å². The molecule has 0 aliphatic carbocycles. The van der Waals surface area contributed by atoms with Gasteiger partial charge >= 0.3 is 5.97 Å². The van der Waals surface area contributed by atoms with Gasteiger partial charge in [0, 0.05) is 6.54 Å². The molecule has 2 atom stereocenters. The van der Waals surface area contributed by atoms with Gasteiger partial charge in [-0.3, -0.25) is 4.79 Å². The van der Waals surface area contributed by atoms with Crippen LogP contribution in [0.1, 0.15) is 13.8 Å². The third kappa shape index (κ3) is 1.25. The molecule has 1 heterocycles. The van der Waals surface area contributed by atoms with Crippen LogP contribution in [0, 0.1) is 11.3 Å². The highest BCUT2D eigenvalue weighted by molar-refractivity contribution is 5.77. The third-order valence-corrected chi connectivity index (χ3v) is 2.68. The number of nitrogens with one attached hydrogen (secondary N) is 1. The summed E-state index contributed by atoms with van der Waals surface area (Å²) < 4.78 is 4.73. The van der Waals surface area contributed by atoms with E-state index in [9.17, 15) is 4.79 Å². The number of rotatable bonds is 1. The van der Waals surface area contributed by atoms with Crippen molar-refractivity contribution < 1.29 is 9.53 Å². The Labute approximate surface area is 67.1 Å². The Hall–Kier alpha value is -0.570. The largest absolute Gasteiger partial charge is 0.469 e. The summed E-state index contributed by atoms with van der Waals surface area (Å²) in [7, 11) is 1.44. The maximum Gasteiger partial charge on any atom is 0.313 e. The van der Waals surface area contributed by atoms with E-state index >= 15 is 0 Å². The second-order valence-corrected chi connectivity index (χ2v) is 3.44. The van der Waals surface area contributed by atoms with Crippen LogP contribution in [0.15, 0.2) is 0 Å². The fourth-order valence-corrected chi connectivity index (χ4v) is 1.45. The lowest BCUT2D eigenvalue weighted by molar-refractivity contribution is -0.152. The molecular weight excluding hydrogens is 142 g/mol. The van der Waals surface area contributed by atoms with Crippen molar-refractivity contribution in [1.82, 2.24) is 5.32 Å². The zero-order valence-corrected chi connectivity index (χ0v) is 7.31. The van der Waals surface area contributed by atoms with Crippen molar-refractivity contribution in [1.29, 1.82) is 0 Å². The molecule has 0 saturated carbocycles. The smallest absolute Gasteiger partial charge is 0.313 e. The first-order valence-corrected chi connectivity index (χ1v) is 3.90. The third-order valence-electron chi connectivity index (χ3n) is 2.68. The van der Waals surface area contributed by atoms with E-state index in [1.165, 1.54) is 7.11 Å². The van der Waals surface area contributed by atoms with E-state index in [4.69, 9.17) is 4.74 Å². The predicted octanol–water partition coefficient (Wildman–Crippen LogP) is 0.405. The van der Waals surface area contributed by atoms with Crippen molar-refractivity contribution in [2.24, 2.45) is 11.3 Å². The molecule has 1 aliphatic heterocycles. The van der Waals surface area contributed by atoms with E-state index in [0.29, 0.717) is 5.92 Å². The minimum Gasteiger partial charge on any atom is -0.469 e. The van der Waals surface area contributed by atoms with Gasteiger partial charge < -0.3 is 10.1 Å². The fourth-order valence-electron chi connectivity index (χ4n) is 1.45. The number of esters is 1. The number of ether oxygens (including phenoxy) is 1. The highest BCUT2D eigenvalue weighted by atomic mass is 16.5. The summed E-state index contributed by atoms with van der Waals surface area (Å²) in [6.07, 6.45) is 0. The van der Waals surface area contributed by atoms with Gasteiger partial charge in [-0.25, -0.2) is 0 Å². The lowest BCUT2D eigenvalue weighted by Gasteiger charge is -2.24. The van der Waals surface area contributed by atoms with Crippen molar-refractivity contribution in [2.75, 3.05) is 20.2 Å². The first kappa shape index (κ1) is 8.53. The van der Waals surface area contributed by atoms with Gasteiger partial charge in [-0.2, -0.15) is 0 Å². The molecule has 3 heteroatoms. The van der Waals surface area contributed by atoms with Crippen LogP contribution in [0.4, 0.5) is 0 Å². The normalized spacial score (nSPS) is 37.2. The number of hydrogen-bond donors (Lipinski definition) is 1. The Morgan fingerprint density at radius 3 is 2.73 bits per heavy atom. The van der Waals surface area contributed by atoms with Crippen LogP contribution in [-0.4, -0.2) is 26.2 Å². The monoisotopic (exact) mass is 157 g/mol. The van der Waals surface area contributed by atoms with Crippen LogP contribution >= 0.6 is 0 Å². The molecule has 11 heavy (non-hydrogen) atoms. The zero-order chi connectivity index (χ0) is 8.48. The molecule has 0 amide bonds. The lowest BCUT2D eigenvalue weighted by Crippen LogP contribution is -2.35. The fraction of sp³-hybridized carbons (Fsp3) is 0.875. The summed E-state index contributed by atoms with van der Waals surface area (Å²) >= 11 is 0. The van der Waals surface area contributed by atoms with Crippen LogP contribution in [0.25, 0.3) is 0 Å². The molecule has 1 aliphatic rings. The second-order valence-electron chi connectivity index (χ2n) is 3.44. The second kappa shape index (κ2) is 2.81. The molecule has 0 radical (unpaired) electrons. The average molecular weight is 157 g/mol. The minimum atomic E-state index is -0.311. The maximum absolute atomic E-state index is 11.3. The van der Waals surface area contributed by atoms with Gasteiger partial charge in [-0.1, -0.05) is 6.92 Å². The summed E-state index contributed by atoms with van der Waals surface area (Å²) in [5, 5.41) is 3.18. The summed E-state index contributed by atoms with van der Waals surface area (Å²) in [6.45, 7) is 5.66. The summed E-state index contributed by atoms with van der Waals surface area (Å²) in [5.74, 6) is 0.268. The Bertz CT molecular complexity index is 169. The van der Waals surface area contributed by atoms with Gasteiger partial charge in [-0.05, 0) is 19.4 Å². The topological polar surface area (TPSA) is 38.3 Å². The molecule has 1 N–H and O–H groups in total. The SMILES string of the molecule is COC(=O)[C@@]1(C)CNC[C@H]1C. The van der Waals surface area contributed by atoms with Crippen LogP contribution in [0.2, 0.25) is 0 Å². The molecule has 0 aromatic heterocycles. The van der Waals surface area contributed by atoms with E-state index in [1.807, 2.05) is 6.92 Å². The summed E-state index contributed by atoms with van der Waals surface area (Å²) in [6, 6.07) is 0. The molecule has 0 aromatic rings. The molecule has 1 fully saturated rings. The molecule has 3 nitrogen and oxygen atoms in total. The number of carbonyl (C=O) groups excluding carboxylic acids is 1.